The topological polar surface area (TPSA) is 24.5 Å². The molecular weight excluding hydrogens is 236 g/mol. The predicted octanol–water partition coefficient (Wildman–Crippen LogP) is 2.21. The average Bonchev–Trinajstić information content (AvgIpc) is 2.76. The van der Waals surface area contributed by atoms with Crippen LogP contribution in [0.5, 0.6) is 0 Å². The van der Waals surface area contributed by atoms with Crippen molar-refractivity contribution in [3.05, 3.63) is 29.8 Å². The van der Waals surface area contributed by atoms with Gasteiger partial charge < -0.3 is 15.0 Å². The molecule has 1 N–H and O–H groups in total. The maximum absolute atomic E-state index is 6.03. The van der Waals surface area contributed by atoms with Gasteiger partial charge in [0.05, 0.1) is 12.7 Å². The fraction of sp³-hybridized carbons (Fsp3) is 0.625. The van der Waals surface area contributed by atoms with E-state index in [9.17, 15) is 0 Å². The molecule has 2 aliphatic rings. The Hall–Kier alpha value is -1.06. The molecule has 0 aromatic heterocycles. The molecule has 2 heterocycles. The summed E-state index contributed by atoms with van der Waals surface area (Å²) in [5, 5.41) is 3.38. The molecule has 104 valence electrons. The molecule has 0 saturated carbocycles. The van der Waals surface area contributed by atoms with Crippen LogP contribution < -0.4 is 10.2 Å². The molecule has 1 unspecified atom stereocenters. The lowest BCUT2D eigenvalue weighted by Gasteiger charge is -2.27. The summed E-state index contributed by atoms with van der Waals surface area (Å²) in [4.78, 5) is 2.50. The van der Waals surface area contributed by atoms with Crippen molar-refractivity contribution in [2.45, 2.75) is 38.3 Å². The van der Waals surface area contributed by atoms with E-state index < -0.39 is 0 Å². The van der Waals surface area contributed by atoms with E-state index in [2.05, 4.69) is 41.4 Å². The Morgan fingerprint density at radius 2 is 2.05 bits per heavy atom. The Kier molecular flexibility index (Phi) is 4.04. The fourth-order valence-corrected chi connectivity index (χ4v) is 3.25. The van der Waals surface area contributed by atoms with Crippen molar-refractivity contribution in [2.75, 3.05) is 31.1 Å². The van der Waals surface area contributed by atoms with Gasteiger partial charge in [-0.2, -0.15) is 0 Å². The highest BCUT2D eigenvalue weighted by Gasteiger charge is 2.25. The summed E-state index contributed by atoms with van der Waals surface area (Å²) in [6, 6.07) is 9.37. The molecule has 0 spiro atoms. The first-order chi connectivity index (χ1) is 9.34. The summed E-state index contributed by atoms with van der Waals surface area (Å²) in [6.45, 7) is 6.39. The molecule has 1 aromatic carbocycles. The number of ether oxygens (including phenoxy) is 1. The van der Waals surface area contributed by atoms with Crippen LogP contribution >= 0.6 is 0 Å². The van der Waals surface area contributed by atoms with Crippen LogP contribution in [-0.4, -0.2) is 38.4 Å². The van der Waals surface area contributed by atoms with Crippen molar-refractivity contribution < 1.29 is 4.74 Å². The van der Waals surface area contributed by atoms with Gasteiger partial charge in [0.2, 0.25) is 0 Å². The SMILES string of the molecule is CC1Cc2ccccc2N1CCOC1CCNCC1. The molecule has 0 amide bonds. The molecule has 3 nitrogen and oxygen atoms in total. The monoisotopic (exact) mass is 260 g/mol. The number of nitrogens with one attached hydrogen (secondary N) is 1. The molecule has 0 radical (unpaired) electrons. The van der Waals surface area contributed by atoms with Crippen LogP contribution in [0.3, 0.4) is 0 Å². The van der Waals surface area contributed by atoms with E-state index in [0.717, 1.165) is 39.1 Å². The van der Waals surface area contributed by atoms with E-state index in [0.29, 0.717) is 12.1 Å². The minimum absolute atomic E-state index is 0.467. The number of benzene rings is 1. The first-order valence-electron chi connectivity index (χ1n) is 7.51. The van der Waals surface area contributed by atoms with Crippen LogP contribution in [0.2, 0.25) is 0 Å². The third kappa shape index (κ3) is 2.93. The van der Waals surface area contributed by atoms with Gasteiger partial charge >= 0.3 is 0 Å². The van der Waals surface area contributed by atoms with Gasteiger partial charge in [-0.1, -0.05) is 18.2 Å². The lowest BCUT2D eigenvalue weighted by atomic mass is 10.1. The molecule has 3 heteroatoms. The Balaban J connectivity index is 1.52. The second-order valence-corrected chi connectivity index (χ2v) is 5.70. The second kappa shape index (κ2) is 5.93. The van der Waals surface area contributed by atoms with Gasteiger partial charge in [0, 0.05) is 18.3 Å². The number of fused-ring (bicyclic) bond motifs is 1. The van der Waals surface area contributed by atoms with Crippen molar-refractivity contribution in [1.82, 2.24) is 5.32 Å². The molecule has 19 heavy (non-hydrogen) atoms. The van der Waals surface area contributed by atoms with Crippen molar-refractivity contribution >= 4 is 5.69 Å². The van der Waals surface area contributed by atoms with Gasteiger partial charge in [0.25, 0.3) is 0 Å². The quantitative estimate of drug-likeness (QED) is 0.898. The molecule has 0 aliphatic carbocycles. The lowest BCUT2D eigenvalue weighted by molar-refractivity contribution is 0.0369. The minimum atomic E-state index is 0.467. The fourth-order valence-electron chi connectivity index (χ4n) is 3.25. The number of piperidine rings is 1. The highest BCUT2D eigenvalue weighted by Crippen LogP contribution is 2.31. The highest BCUT2D eigenvalue weighted by molar-refractivity contribution is 5.59. The number of anilines is 1. The lowest BCUT2D eigenvalue weighted by Crippen LogP contribution is -2.36. The van der Waals surface area contributed by atoms with Gasteiger partial charge in [-0.3, -0.25) is 0 Å². The average molecular weight is 260 g/mol. The number of nitrogens with zero attached hydrogens (tertiary/aromatic N) is 1. The zero-order valence-corrected chi connectivity index (χ0v) is 11.8. The van der Waals surface area contributed by atoms with Crippen LogP contribution in [0.1, 0.15) is 25.3 Å². The summed E-state index contributed by atoms with van der Waals surface area (Å²) in [5.74, 6) is 0. The van der Waals surface area contributed by atoms with Gasteiger partial charge in [-0.15, -0.1) is 0 Å². The standard InChI is InChI=1S/C16H24N2O/c1-13-12-14-4-2-3-5-16(14)18(13)10-11-19-15-6-8-17-9-7-15/h2-5,13,15,17H,6-12H2,1H3. The summed E-state index contributed by atoms with van der Waals surface area (Å²) in [7, 11) is 0. The summed E-state index contributed by atoms with van der Waals surface area (Å²) >= 11 is 0. The van der Waals surface area contributed by atoms with Crippen LogP contribution in [0.4, 0.5) is 5.69 Å². The first kappa shape index (κ1) is 12.9. The zero-order valence-electron chi connectivity index (χ0n) is 11.8. The van der Waals surface area contributed by atoms with Crippen LogP contribution in [0.25, 0.3) is 0 Å². The van der Waals surface area contributed by atoms with Crippen molar-refractivity contribution in [3.63, 3.8) is 0 Å². The molecule has 3 rings (SSSR count). The molecule has 1 saturated heterocycles. The summed E-state index contributed by atoms with van der Waals surface area (Å²) < 4.78 is 6.03. The Morgan fingerprint density at radius 1 is 1.26 bits per heavy atom. The minimum Gasteiger partial charge on any atom is -0.376 e. The van der Waals surface area contributed by atoms with E-state index in [4.69, 9.17) is 4.74 Å². The molecule has 0 bridgehead atoms. The Labute approximate surface area is 115 Å². The van der Waals surface area contributed by atoms with Crippen molar-refractivity contribution in [2.24, 2.45) is 0 Å². The number of hydrogen-bond acceptors (Lipinski definition) is 3. The van der Waals surface area contributed by atoms with E-state index in [1.165, 1.54) is 17.7 Å². The van der Waals surface area contributed by atoms with E-state index >= 15 is 0 Å². The van der Waals surface area contributed by atoms with E-state index in [1.54, 1.807) is 0 Å². The third-order valence-electron chi connectivity index (χ3n) is 4.32. The Bertz CT molecular complexity index is 415. The molecule has 2 aliphatic heterocycles. The number of hydrogen-bond donors (Lipinski definition) is 1. The van der Waals surface area contributed by atoms with Crippen LogP contribution in [0.15, 0.2) is 24.3 Å². The second-order valence-electron chi connectivity index (χ2n) is 5.70. The largest absolute Gasteiger partial charge is 0.376 e. The van der Waals surface area contributed by atoms with Gasteiger partial charge in [-0.05, 0) is 50.9 Å². The maximum Gasteiger partial charge on any atom is 0.0645 e. The van der Waals surface area contributed by atoms with E-state index in [-0.39, 0.29) is 0 Å². The molecular formula is C16H24N2O. The maximum atomic E-state index is 6.03. The third-order valence-corrected chi connectivity index (χ3v) is 4.32. The number of rotatable bonds is 4. The van der Waals surface area contributed by atoms with Crippen LogP contribution in [-0.2, 0) is 11.2 Å². The summed E-state index contributed by atoms with van der Waals surface area (Å²) in [6.07, 6.45) is 3.95. The van der Waals surface area contributed by atoms with Crippen molar-refractivity contribution in [3.8, 4) is 0 Å². The van der Waals surface area contributed by atoms with Gasteiger partial charge in [0.15, 0.2) is 0 Å². The van der Waals surface area contributed by atoms with Gasteiger partial charge in [-0.25, -0.2) is 0 Å². The Morgan fingerprint density at radius 3 is 2.89 bits per heavy atom. The first-order valence-corrected chi connectivity index (χ1v) is 7.51. The molecule has 1 atom stereocenters. The van der Waals surface area contributed by atoms with E-state index in [1.807, 2.05) is 0 Å². The van der Waals surface area contributed by atoms with Gasteiger partial charge in [0.1, 0.15) is 0 Å². The molecule has 1 fully saturated rings. The summed E-state index contributed by atoms with van der Waals surface area (Å²) in [5.41, 5.74) is 2.89. The normalized spacial score (nSPS) is 23.6. The van der Waals surface area contributed by atoms with Crippen LogP contribution in [0, 0.1) is 0 Å². The zero-order chi connectivity index (χ0) is 13.1. The molecule has 1 aromatic rings. The number of para-hydroxylation sites is 1. The smallest absolute Gasteiger partial charge is 0.0645 e. The van der Waals surface area contributed by atoms with Crippen molar-refractivity contribution in [1.29, 1.82) is 0 Å². The highest BCUT2D eigenvalue weighted by atomic mass is 16.5. The predicted molar refractivity (Wildman–Crippen MR) is 78.8 cm³/mol.